The van der Waals surface area contributed by atoms with Crippen LogP contribution in [0.15, 0.2) is 84.0 Å². The van der Waals surface area contributed by atoms with Gasteiger partial charge in [-0.1, -0.05) is 48.0 Å². The van der Waals surface area contributed by atoms with Crippen LogP contribution in [-0.4, -0.2) is 16.5 Å². The zero-order chi connectivity index (χ0) is 19.8. The van der Waals surface area contributed by atoms with Crippen LogP contribution >= 0.6 is 11.6 Å². The largest absolute Gasteiger partial charge is 0.361 e. The average molecular weight is 402 g/mol. The van der Waals surface area contributed by atoms with Crippen LogP contribution in [0.3, 0.4) is 0 Å². The van der Waals surface area contributed by atoms with E-state index >= 15 is 0 Å². The van der Waals surface area contributed by atoms with E-state index in [9.17, 15) is 0 Å². The van der Waals surface area contributed by atoms with E-state index in [4.69, 9.17) is 22.3 Å². The minimum atomic E-state index is -0.947. The molecule has 5 rings (SSSR count). The Hall–Kier alpha value is -3.28. The van der Waals surface area contributed by atoms with Gasteiger partial charge in [-0.05, 0) is 42.0 Å². The Morgan fingerprint density at radius 3 is 2.69 bits per heavy atom. The van der Waals surface area contributed by atoms with Crippen molar-refractivity contribution in [2.75, 3.05) is 10.6 Å². The first-order valence-electron chi connectivity index (χ1n) is 9.44. The number of aromatic amines is 1. The Balaban J connectivity index is 1.59. The quantitative estimate of drug-likeness (QED) is 0.377. The first-order valence-corrected chi connectivity index (χ1v) is 9.82. The summed E-state index contributed by atoms with van der Waals surface area (Å²) < 4.78 is 0. The van der Waals surface area contributed by atoms with Crippen molar-refractivity contribution in [1.29, 1.82) is 0 Å². The molecule has 29 heavy (non-hydrogen) atoms. The van der Waals surface area contributed by atoms with E-state index in [1.165, 1.54) is 0 Å². The number of nitrogens with one attached hydrogen (secondary N) is 3. The van der Waals surface area contributed by atoms with Crippen LogP contribution in [0.1, 0.15) is 5.56 Å². The van der Waals surface area contributed by atoms with Gasteiger partial charge in [0.2, 0.25) is 0 Å². The lowest BCUT2D eigenvalue weighted by molar-refractivity contribution is 0.631. The molecule has 1 aromatic heterocycles. The fourth-order valence-electron chi connectivity index (χ4n) is 3.73. The van der Waals surface area contributed by atoms with Gasteiger partial charge in [0.05, 0.1) is 11.4 Å². The minimum Gasteiger partial charge on any atom is -0.361 e. The van der Waals surface area contributed by atoms with E-state index in [0.717, 1.165) is 33.5 Å². The van der Waals surface area contributed by atoms with Crippen LogP contribution in [-0.2, 0) is 6.42 Å². The van der Waals surface area contributed by atoms with Crippen LogP contribution in [0, 0.1) is 0 Å². The van der Waals surface area contributed by atoms with Gasteiger partial charge in [0.25, 0.3) is 0 Å². The van der Waals surface area contributed by atoms with Crippen molar-refractivity contribution >= 4 is 45.4 Å². The van der Waals surface area contributed by atoms with Gasteiger partial charge in [-0.25, -0.2) is 4.99 Å². The second-order valence-corrected chi connectivity index (χ2v) is 7.62. The maximum Gasteiger partial charge on any atom is 0.150 e. The Kier molecular flexibility index (Phi) is 4.27. The topological polar surface area (TPSA) is 78.2 Å². The highest BCUT2D eigenvalue weighted by Crippen LogP contribution is 2.35. The molecule has 1 unspecified atom stereocenters. The molecular weight excluding hydrogens is 382 g/mol. The van der Waals surface area contributed by atoms with Crippen LogP contribution < -0.4 is 16.4 Å². The fourth-order valence-corrected chi connectivity index (χ4v) is 3.93. The number of fused-ring (bicyclic) bond motifs is 2. The molecule has 0 saturated heterocycles. The summed E-state index contributed by atoms with van der Waals surface area (Å²) in [5.74, 6) is 0.643. The third-order valence-electron chi connectivity index (χ3n) is 5.19. The maximum atomic E-state index is 6.92. The molecule has 4 aromatic rings. The predicted molar refractivity (Wildman–Crippen MR) is 121 cm³/mol. The number of para-hydroxylation sites is 2. The average Bonchev–Trinajstić information content (AvgIpc) is 3.20. The molecule has 0 aliphatic carbocycles. The van der Waals surface area contributed by atoms with Gasteiger partial charge >= 0.3 is 0 Å². The summed E-state index contributed by atoms with van der Waals surface area (Å²) in [6.07, 6.45) is 2.40. The lowest BCUT2D eigenvalue weighted by atomic mass is 9.96. The number of hydrogen-bond acceptors (Lipinski definition) is 4. The minimum absolute atomic E-state index is 0.482. The molecule has 5 nitrogen and oxygen atoms in total. The molecule has 144 valence electrons. The number of benzene rings is 3. The normalized spacial score (nSPS) is 18.1. The Labute approximate surface area is 173 Å². The second kappa shape index (κ2) is 6.95. The number of hydrogen-bond donors (Lipinski definition) is 4. The summed E-state index contributed by atoms with van der Waals surface area (Å²) in [5, 5.41) is 8.72. The Morgan fingerprint density at radius 2 is 1.79 bits per heavy atom. The van der Waals surface area contributed by atoms with E-state index < -0.39 is 5.66 Å². The first kappa shape index (κ1) is 17.8. The molecule has 0 amide bonds. The van der Waals surface area contributed by atoms with Gasteiger partial charge in [-0.2, -0.15) is 0 Å². The molecular formula is C23H20ClN5. The SMILES string of the molecule is NC1(Cc2ccccc2Cl)Nc2ccccc2N=C1Nc1cccc2[nH]ccc12. The van der Waals surface area contributed by atoms with Crippen molar-refractivity contribution in [3.8, 4) is 0 Å². The number of aromatic nitrogens is 1. The molecule has 5 N–H and O–H groups in total. The highest BCUT2D eigenvalue weighted by atomic mass is 35.5. The first-order chi connectivity index (χ1) is 14.1. The zero-order valence-corrected chi connectivity index (χ0v) is 16.4. The number of nitrogens with two attached hydrogens (primary N) is 1. The summed E-state index contributed by atoms with van der Waals surface area (Å²) in [6.45, 7) is 0. The van der Waals surface area contributed by atoms with Gasteiger partial charge in [-0.15, -0.1) is 0 Å². The molecule has 1 atom stereocenters. The van der Waals surface area contributed by atoms with E-state index in [1.807, 2.05) is 79.0 Å². The molecule has 2 heterocycles. The van der Waals surface area contributed by atoms with Gasteiger partial charge in [0.1, 0.15) is 11.5 Å². The van der Waals surface area contributed by atoms with Crippen molar-refractivity contribution in [2.24, 2.45) is 10.7 Å². The number of aliphatic imine (C=N–C) groups is 1. The fraction of sp³-hybridized carbons (Fsp3) is 0.0870. The number of rotatable bonds is 3. The molecule has 1 aliphatic rings. The second-order valence-electron chi connectivity index (χ2n) is 7.21. The smallest absolute Gasteiger partial charge is 0.150 e. The molecule has 1 aliphatic heterocycles. The van der Waals surface area contributed by atoms with Gasteiger partial charge < -0.3 is 21.4 Å². The van der Waals surface area contributed by atoms with Crippen LogP contribution in [0.2, 0.25) is 5.02 Å². The highest BCUT2D eigenvalue weighted by molar-refractivity contribution is 6.31. The summed E-state index contributed by atoms with van der Waals surface area (Å²) in [4.78, 5) is 8.11. The third-order valence-corrected chi connectivity index (χ3v) is 5.56. The van der Waals surface area contributed by atoms with Crippen molar-refractivity contribution in [3.05, 3.63) is 89.6 Å². The van der Waals surface area contributed by atoms with Crippen LogP contribution in [0.4, 0.5) is 17.1 Å². The lowest BCUT2D eigenvalue weighted by Gasteiger charge is -2.37. The van der Waals surface area contributed by atoms with Crippen LogP contribution in [0.5, 0.6) is 0 Å². The summed E-state index contributed by atoms with van der Waals surface area (Å²) in [5.41, 5.74) is 10.7. The zero-order valence-electron chi connectivity index (χ0n) is 15.6. The van der Waals surface area contributed by atoms with E-state index in [0.29, 0.717) is 17.3 Å². The molecule has 0 bridgehead atoms. The lowest BCUT2D eigenvalue weighted by Crippen LogP contribution is -2.60. The summed E-state index contributed by atoms with van der Waals surface area (Å²) >= 11 is 6.43. The Bertz CT molecular complexity index is 1230. The maximum absolute atomic E-state index is 6.92. The summed E-state index contributed by atoms with van der Waals surface area (Å²) in [6, 6.07) is 23.7. The summed E-state index contributed by atoms with van der Waals surface area (Å²) in [7, 11) is 0. The number of nitrogens with zero attached hydrogens (tertiary/aromatic N) is 1. The number of H-pyrrole nitrogens is 1. The van der Waals surface area contributed by atoms with Gasteiger partial charge in [0, 0.05) is 34.2 Å². The molecule has 0 saturated carbocycles. The number of anilines is 2. The molecule has 6 heteroatoms. The van der Waals surface area contributed by atoms with Crippen molar-refractivity contribution in [1.82, 2.24) is 4.98 Å². The van der Waals surface area contributed by atoms with Gasteiger partial charge in [0.15, 0.2) is 0 Å². The standard InChI is InChI=1S/C23H20ClN5/c24-17-7-2-1-6-15(17)14-23(25)22(28-20-8-3-4-9-21(20)29-23)27-19-11-5-10-18-16(19)12-13-26-18/h1-13,26,29H,14,25H2,(H,27,28). The van der Waals surface area contributed by atoms with Crippen molar-refractivity contribution in [2.45, 2.75) is 12.1 Å². The van der Waals surface area contributed by atoms with E-state index in [2.05, 4.69) is 15.6 Å². The highest BCUT2D eigenvalue weighted by Gasteiger charge is 2.36. The number of amidine groups is 1. The van der Waals surface area contributed by atoms with E-state index in [-0.39, 0.29) is 0 Å². The van der Waals surface area contributed by atoms with Crippen LogP contribution in [0.25, 0.3) is 10.9 Å². The van der Waals surface area contributed by atoms with Crippen molar-refractivity contribution < 1.29 is 0 Å². The van der Waals surface area contributed by atoms with Gasteiger partial charge in [-0.3, -0.25) is 0 Å². The molecule has 0 fully saturated rings. The van der Waals surface area contributed by atoms with Crippen molar-refractivity contribution in [3.63, 3.8) is 0 Å². The Morgan fingerprint density at radius 1 is 0.966 bits per heavy atom. The number of halogens is 1. The third kappa shape index (κ3) is 3.24. The molecule has 0 spiro atoms. The predicted octanol–water partition coefficient (Wildman–Crippen LogP) is 5.29. The molecule has 0 radical (unpaired) electrons. The monoisotopic (exact) mass is 401 g/mol. The van der Waals surface area contributed by atoms with E-state index in [1.54, 1.807) is 0 Å². The molecule has 3 aromatic carbocycles.